The van der Waals surface area contributed by atoms with E-state index in [9.17, 15) is 22.8 Å². The summed E-state index contributed by atoms with van der Waals surface area (Å²) in [5, 5.41) is 3.94. The van der Waals surface area contributed by atoms with Crippen molar-refractivity contribution in [3.05, 3.63) is 47.3 Å². The zero-order chi connectivity index (χ0) is 25.5. The predicted molar refractivity (Wildman–Crippen MR) is 125 cm³/mol. The summed E-state index contributed by atoms with van der Waals surface area (Å²) in [6.45, 7) is 4.66. The minimum atomic E-state index is -4.45. The number of hydrogen-bond acceptors (Lipinski definition) is 6. The molecule has 1 unspecified atom stereocenters. The zero-order valence-corrected chi connectivity index (χ0v) is 19.8. The number of morpholine rings is 1. The van der Waals surface area contributed by atoms with Crippen LogP contribution in [0.25, 0.3) is 0 Å². The Balaban J connectivity index is 1.26. The predicted octanol–water partition coefficient (Wildman–Crippen LogP) is 2.40. The number of carbonyl (C=O) groups excluding carboxylic acids is 2. The van der Waals surface area contributed by atoms with Crippen LogP contribution in [-0.2, 0) is 17.5 Å². The molecule has 12 heteroatoms. The molecule has 0 bridgehead atoms. The molecule has 1 aromatic heterocycles. The molecule has 194 valence electrons. The molecule has 3 aliphatic rings. The number of amides is 2. The van der Waals surface area contributed by atoms with E-state index in [4.69, 9.17) is 10.5 Å². The highest BCUT2D eigenvalue weighted by atomic mass is 19.4. The Hall–Kier alpha value is -3.12. The van der Waals surface area contributed by atoms with E-state index in [1.807, 2.05) is 9.80 Å². The monoisotopic (exact) mass is 506 g/mol. The Morgan fingerprint density at radius 3 is 2.50 bits per heavy atom. The van der Waals surface area contributed by atoms with Crippen LogP contribution in [-0.4, -0.2) is 84.0 Å². The van der Waals surface area contributed by atoms with Crippen LogP contribution in [0.4, 0.5) is 23.7 Å². The number of anilines is 1. The first-order valence-corrected chi connectivity index (χ1v) is 12.0. The number of nitrogens with zero attached hydrogens (tertiary/aromatic N) is 5. The van der Waals surface area contributed by atoms with Crippen molar-refractivity contribution in [1.29, 1.82) is 0 Å². The van der Waals surface area contributed by atoms with Gasteiger partial charge in [0.05, 0.1) is 18.8 Å². The molecule has 3 aliphatic heterocycles. The molecule has 1 spiro atoms. The van der Waals surface area contributed by atoms with Crippen molar-refractivity contribution in [2.75, 3.05) is 57.4 Å². The number of aromatic nitrogens is 2. The second kappa shape index (κ2) is 9.40. The number of halogens is 3. The van der Waals surface area contributed by atoms with Crippen LogP contribution in [0.1, 0.15) is 34.5 Å². The summed E-state index contributed by atoms with van der Waals surface area (Å²) >= 11 is 0. The Morgan fingerprint density at radius 1 is 1.06 bits per heavy atom. The van der Waals surface area contributed by atoms with Crippen LogP contribution in [0.2, 0.25) is 0 Å². The van der Waals surface area contributed by atoms with Crippen molar-refractivity contribution >= 4 is 17.6 Å². The van der Waals surface area contributed by atoms with Gasteiger partial charge in [0.1, 0.15) is 0 Å². The van der Waals surface area contributed by atoms with Crippen LogP contribution in [0.15, 0.2) is 30.5 Å². The number of rotatable bonds is 4. The lowest BCUT2D eigenvalue weighted by molar-refractivity contribution is -0.138. The number of hydrogen-bond donors (Lipinski definition) is 1. The highest BCUT2D eigenvalue weighted by Gasteiger charge is 2.45. The quantitative estimate of drug-likeness (QED) is 0.684. The summed E-state index contributed by atoms with van der Waals surface area (Å²) in [5.41, 5.74) is 5.30. The van der Waals surface area contributed by atoms with Gasteiger partial charge in [0.25, 0.3) is 5.91 Å². The maximum atomic E-state index is 14.0. The fourth-order valence-electron chi connectivity index (χ4n) is 5.53. The number of carbonyl (C=O) groups is 2. The zero-order valence-electron chi connectivity index (χ0n) is 19.8. The Kier molecular flexibility index (Phi) is 6.41. The van der Waals surface area contributed by atoms with Gasteiger partial charge in [-0.2, -0.15) is 23.0 Å². The highest BCUT2D eigenvalue weighted by Crippen LogP contribution is 2.41. The van der Waals surface area contributed by atoms with Crippen LogP contribution in [0.5, 0.6) is 0 Å². The maximum Gasteiger partial charge on any atom is 0.416 e. The number of alkyl halides is 3. The lowest BCUT2D eigenvalue weighted by atomic mass is 9.86. The molecule has 3 saturated heterocycles. The fraction of sp³-hybridized carbons (Fsp3) is 0.542. The minimum absolute atomic E-state index is 0.0180. The lowest BCUT2D eigenvalue weighted by Gasteiger charge is -2.30. The van der Waals surface area contributed by atoms with Gasteiger partial charge in [-0.15, -0.1) is 0 Å². The second-order valence-corrected chi connectivity index (χ2v) is 9.86. The number of nitrogens with two attached hydrogens (primary N) is 1. The average molecular weight is 507 g/mol. The molecule has 0 aliphatic carbocycles. The van der Waals surface area contributed by atoms with E-state index in [0.29, 0.717) is 58.2 Å². The summed E-state index contributed by atoms with van der Waals surface area (Å²) < 4.78 is 48.3. The summed E-state index contributed by atoms with van der Waals surface area (Å²) in [6.07, 6.45) is -1.47. The van der Waals surface area contributed by atoms with Crippen molar-refractivity contribution in [1.82, 2.24) is 19.6 Å². The molecule has 5 rings (SSSR count). The maximum absolute atomic E-state index is 14.0. The van der Waals surface area contributed by atoms with E-state index in [-0.39, 0.29) is 29.2 Å². The molecule has 2 N–H and O–H groups in total. The Labute approximate surface area is 206 Å². The molecule has 0 radical (unpaired) electrons. The molecule has 1 atom stereocenters. The van der Waals surface area contributed by atoms with Crippen molar-refractivity contribution in [2.45, 2.75) is 25.6 Å². The van der Waals surface area contributed by atoms with Gasteiger partial charge in [0.2, 0.25) is 0 Å². The van der Waals surface area contributed by atoms with Gasteiger partial charge in [-0.05, 0) is 43.1 Å². The van der Waals surface area contributed by atoms with Crippen LogP contribution < -0.4 is 10.6 Å². The molecular formula is C24H29F3N6O3. The Morgan fingerprint density at radius 2 is 1.81 bits per heavy atom. The van der Waals surface area contributed by atoms with Crippen LogP contribution in [0, 0.1) is 5.41 Å². The topological polar surface area (TPSA) is 96.9 Å². The molecule has 3 fully saturated rings. The van der Waals surface area contributed by atoms with Crippen LogP contribution >= 0.6 is 0 Å². The molecule has 36 heavy (non-hydrogen) atoms. The molecule has 2 aromatic rings. The molecule has 4 heterocycles. The number of likely N-dealkylation sites (tertiary alicyclic amines) is 2. The third-order valence-electron chi connectivity index (χ3n) is 7.43. The van der Waals surface area contributed by atoms with E-state index < -0.39 is 17.6 Å². The average Bonchev–Trinajstić information content (AvgIpc) is 3.60. The number of ether oxygens (including phenoxy) is 1. The van der Waals surface area contributed by atoms with E-state index in [1.165, 1.54) is 18.3 Å². The third kappa shape index (κ3) is 4.92. The molecule has 9 nitrogen and oxygen atoms in total. The standard InChI is InChI=1S/C24H29F3N6O3/c25-24(26,27)19-13-18(31-9-11-36-12-10-31)2-1-17(19)14-30-7-4-23(15-30)5-8-32(16-23)22(35)33-6-3-20(29-33)21(28)34/h1-3,6,13H,4-5,7-12,14-16H2,(H2,28,34). The van der Waals surface area contributed by atoms with Crippen molar-refractivity contribution in [2.24, 2.45) is 11.1 Å². The van der Waals surface area contributed by atoms with Gasteiger partial charge in [-0.3, -0.25) is 9.69 Å². The van der Waals surface area contributed by atoms with Crippen molar-refractivity contribution in [3.8, 4) is 0 Å². The molecule has 1 aromatic carbocycles. The first-order chi connectivity index (χ1) is 17.1. The second-order valence-electron chi connectivity index (χ2n) is 9.86. The fourth-order valence-corrected chi connectivity index (χ4v) is 5.53. The van der Waals surface area contributed by atoms with Crippen molar-refractivity contribution in [3.63, 3.8) is 0 Å². The van der Waals surface area contributed by atoms with E-state index in [0.717, 1.165) is 17.5 Å². The molecular weight excluding hydrogens is 477 g/mol. The Bertz CT molecular complexity index is 1150. The van der Waals surface area contributed by atoms with Gasteiger partial charge >= 0.3 is 12.2 Å². The summed E-state index contributed by atoms with van der Waals surface area (Å²) in [4.78, 5) is 29.8. The molecule has 0 saturated carbocycles. The van der Waals surface area contributed by atoms with E-state index in [2.05, 4.69) is 5.10 Å². The minimum Gasteiger partial charge on any atom is -0.378 e. The largest absolute Gasteiger partial charge is 0.416 e. The van der Waals surface area contributed by atoms with E-state index in [1.54, 1.807) is 17.0 Å². The summed E-state index contributed by atoms with van der Waals surface area (Å²) in [5.74, 6) is -0.706. The van der Waals surface area contributed by atoms with Gasteiger partial charge in [0, 0.05) is 56.6 Å². The lowest BCUT2D eigenvalue weighted by Crippen LogP contribution is -2.37. The van der Waals surface area contributed by atoms with E-state index >= 15 is 0 Å². The molecule has 2 amide bonds. The van der Waals surface area contributed by atoms with Crippen LogP contribution in [0.3, 0.4) is 0 Å². The number of primary amides is 1. The van der Waals surface area contributed by atoms with Gasteiger partial charge in [0.15, 0.2) is 5.69 Å². The third-order valence-corrected chi connectivity index (χ3v) is 7.43. The van der Waals surface area contributed by atoms with Crippen molar-refractivity contribution < 1.29 is 27.5 Å². The normalized spacial score (nSPS) is 23.1. The summed E-state index contributed by atoms with van der Waals surface area (Å²) in [7, 11) is 0. The SMILES string of the molecule is NC(=O)c1ccn(C(=O)N2CCC3(CCN(Cc4ccc(N5CCOCC5)cc4C(F)(F)F)C3)C2)n1. The first-order valence-electron chi connectivity index (χ1n) is 12.0. The summed E-state index contributed by atoms with van der Waals surface area (Å²) in [6, 6.07) is 5.67. The first kappa shape index (κ1) is 24.6. The number of benzene rings is 1. The van der Waals surface area contributed by atoms with Gasteiger partial charge in [-0.1, -0.05) is 6.07 Å². The smallest absolute Gasteiger partial charge is 0.378 e. The van der Waals surface area contributed by atoms with Gasteiger partial charge < -0.3 is 20.3 Å². The van der Waals surface area contributed by atoms with Gasteiger partial charge in [-0.25, -0.2) is 4.79 Å². The highest BCUT2D eigenvalue weighted by molar-refractivity contribution is 5.91.